The number of piperidine rings is 1. The number of amides is 4. The minimum Gasteiger partial charge on any atom is -0.456 e. The number of alkyl halides is 6. The van der Waals surface area contributed by atoms with Crippen LogP contribution in [0.2, 0.25) is 0 Å². The molecule has 1 spiro atoms. The normalized spacial score (nSPS) is 18.3. The molecule has 3 aliphatic rings. The first-order valence-electron chi connectivity index (χ1n) is 17.8. The van der Waals surface area contributed by atoms with Gasteiger partial charge in [0, 0.05) is 44.8 Å². The molecule has 2 aromatic carbocycles. The first kappa shape index (κ1) is 41.1. The number of benzene rings is 2. The van der Waals surface area contributed by atoms with Gasteiger partial charge in [0.25, 0.3) is 5.91 Å². The highest BCUT2D eigenvalue weighted by Gasteiger charge is 2.58. The number of imide groups is 1. The first-order chi connectivity index (χ1) is 26.3. The van der Waals surface area contributed by atoms with Crippen LogP contribution in [0.4, 0.5) is 35.9 Å². The number of ether oxygens (including phenoxy) is 3. The highest BCUT2D eigenvalue weighted by molar-refractivity contribution is 7.99. The Morgan fingerprint density at radius 1 is 0.929 bits per heavy atom. The average Bonchev–Trinajstić information content (AvgIpc) is 3.67. The summed E-state index contributed by atoms with van der Waals surface area (Å²) in [6, 6.07) is 7.74. The third-order valence-corrected chi connectivity index (χ3v) is 10.5. The SMILES string of the molecule is CC(C)(C)OC(=O)N1CCC2(CC1)C(=O)N(Cc1nc(-c3ccc(Oc4ccccc4SCC(F)(F)F)c(C(F)(F)F)c3)no1)C(=O)N2CCN1CCOCC1. The lowest BCUT2D eigenvalue weighted by Gasteiger charge is -2.42. The van der Waals surface area contributed by atoms with E-state index < -0.39 is 65.1 Å². The van der Waals surface area contributed by atoms with Crippen LogP contribution in [0.1, 0.15) is 45.1 Å². The van der Waals surface area contributed by atoms with Crippen molar-refractivity contribution >= 4 is 29.8 Å². The molecule has 3 saturated heterocycles. The number of carbonyl (C=O) groups is 3. The third-order valence-electron chi connectivity index (χ3n) is 9.37. The third kappa shape index (κ3) is 9.51. The molecule has 4 heterocycles. The molecule has 56 heavy (non-hydrogen) atoms. The van der Waals surface area contributed by atoms with E-state index in [1.54, 1.807) is 20.8 Å². The summed E-state index contributed by atoms with van der Waals surface area (Å²) >= 11 is 0.376. The second kappa shape index (κ2) is 16.1. The van der Waals surface area contributed by atoms with Gasteiger partial charge >= 0.3 is 24.5 Å². The number of morpholine rings is 1. The fourth-order valence-corrected chi connectivity index (χ4v) is 7.40. The number of aromatic nitrogens is 2. The highest BCUT2D eigenvalue weighted by atomic mass is 32.2. The van der Waals surface area contributed by atoms with E-state index in [2.05, 4.69) is 15.0 Å². The van der Waals surface area contributed by atoms with E-state index in [-0.39, 0.29) is 60.4 Å². The van der Waals surface area contributed by atoms with Crippen molar-refractivity contribution < 1.29 is 59.5 Å². The Balaban J connectivity index is 1.21. The zero-order valence-corrected chi connectivity index (χ0v) is 31.6. The van der Waals surface area contributed by atoms with Crippen molar-refractivity contribution in [3.05, 3.63) is 53.9 Å². The summed E-state index contributed by atoms with van der Waals surface area (Å²) in [5.41, 5.74) is -3.40. The van der Waals surface area contributed by atoms with Gasteiger partial charge in [0.15, 0.2) is 0 Å². The van der Waals surface area contributed by atoms with Crippen LogP contribution in [0, 0.1) is 0 Å². The number of halogens is 6. The number of rotatable bonds is 10. The van der Waals surface area contributed by atoms with E-state index in [9.17, 15) is 40.7 Å². The number of hydrogen-bond acceptors (Lipinski definition) is 11. The number of thioether (sulfide) groups is 1. The molecule has 0 N–H and O–H groups in total. The van der Waals surface area contributed by atoms with E-state index in [4.69, 9.17) is 18.7 Å². The quantitative estimate of drug-likeness (QED) is 0.118. The maximum absolute atomic E-state index is 14.3. The summed E-state index contributed by atoms with van der Waals surface area (Å²) in [7, 11) is 0. The number of carbonyl (C=O) groups excluding carboxylic acids is 3. The second-order valence-electron chi connectivity index (χ2n) is 14.5. The molecule has 20 heteroatoms. The van der Waals surface area contributed by atoms with Crippen molar-refractivity contribution in [3.8, 4) is 22.9 Å². The number of urea groups is 1. The molecule has 3 fully saturated rings. The molecule has 6 rings (SSSR count). The summed E-state index contributed by atoms with van der Waals surface area (Å²) < 4.78 is 103. The van der Waals surface area contributed by atoms with Crippen molar-refractivity contribution in [2.45, 2.75) is 68.5 Å². The van der Waals surface area contributed by atoms with Gasteiger partial charge in [-0.1, -0.05) is 17.3 Å². The molecule has 4 amide bonds. The lowest BCUT2D eigenvalue weighted by Crippen LogP contribution is -2.58. The fourth-order valence-electron chi connectivity index (χ4n) is 6.65. The number of nitrogens with zero attached hydrogens (tertiary/aromatic N) is 6. The molecule has 3 aromatic rings. The molecule has 0 radical (unpaired) electrons. The maximum Gasteiger partial charge on any atom is 0.420 e. The molecule has 0 atom stereocenters. The van der Waals surface area contributed by atoms with Gasteiger partial charge in [-0.3, -0.25) is 14.6 Å². The van der Waals surface area contributed by atoms with Crippen LogP contribution in [0.5, 0.6) is 11.5 Å². The van der Waals surface area contributed by atoms with E-state index in [0.29, 0.717) is 50.7 Å². The molecule has 13 nitrogen and oxygen atoms in total. The molecule has 0 aliphatic carbocycles. The van der Waals surface area contributed by atoms with Crippen molar-refractivity contribution in [1.82, 2.24) is 29.7 Å². The van der Waals surface area contributed by atoms with Crippen molar-refractivity contribution in [2.24, 2.45) is 0 Å². The minimum absolute atomic E-state index is 0.00845. The van der Waals surface area contributed by atoms with E-state index in [0.717, 1.165) is 11.0 Å². The Morgan fingerprint density at radius 2 is 1.62 bits per heavy atom. The Kier molecular flexibility index (Phi) is 11.8. The highest BCUT2D eigenvalue weighted by Crippen LogP contribution is 2.43. The minimum atomic E-state index is -4.96. The number of likely N-dealkylation sites (tertiary alicyclic amines) is 1. The number of hydrogen-bond donors (Lipinski definition) is 0. The van der Waals surface area contributed by atoms with Gasteiger partial charge in [-0.15, -0.1) is 11.8 Å². The molecular formula is C36H40F6N6O7S. The zero-order valence-electron chi connectivity index (χ0n) is 30.7. The van der Waals surface area contributed by atoms with Gasteiger partial charge in [0.2, 0.25) is 11.7 Å². The summed E-state index contributed by atoms with van der Waals surface area (Å²) in [5.74, 6) is -3.16. The molecule has 0 unspecified atom stereocenters. The molecular weight excluding hydrogens is 774 g/mol. The van der Waals surface area contributed by atoms with Crippen molar-refractivity contribution in [1.29, 1.82) is 0 Å². The molecule has 0 saturated carbocycles. The predicted octanol–water partition coefficient (Wildman–Crippen LogP) is 7.07. The lowest BCUT2D eigenvalue weighted by atomic mass is 9.86. The Labute approximate surface area is 322 Å². The van der Waals surface area contributed by atoms with Crippen molar-refractivity contribution in [3.63, 3.8) is 0 Å². The van der Waals surface area contributed by atoms with Crippen LogP contribution in [-0.4, -0.2) is 123 Å². The standard InChI is InChI=1S/C36H40F6N6O7S/c1-33(2,3)54-32(51)46-12-10-34(11-13-46)30(49)47(31(50)48(34)15-14-45-16-18-52-19-17-45)21-28-43-29(44-55-28)23-8-9-25(24(20-23)36(40,41)42)53-26-6-4-5-7-27(26)56-22-35(37,38)39/h4-9,20H,10-19,21-22H2,1-3H3. The van der Waals surface area contributed by atoms with Gasteiger partial charge in [0.1, 0.15) is 29.2 Å². The summed E-state index contributed by atoms with van der Waals surface area (Å²) in [6.45, 7) is 8.14. The van der Waals surface area contributed by atoms with Crippen LogP contribution in [-0.2, 0) is 27.0 Å². The van der Waals surface area contributed by atoms with Gasteiger partial charge in [-0.05, 0) is 63.9 Å². The van der Waals surface area contributed by atoms with E-state index in [1.165, 1.54) is 40.1 Å². The summed E-state index contributed by atoms with van der Waals surface area (Å²) in [6.07, 6.45) is -9.71. The lowest BCUT2D eigenvalue weighted by molar-refractivity contribution is -0.138. The van der Waals surface area contributed by atoms with Gasteiger partial charge in [-0.2, -0.15) is 31.3 Å². The van der Waals surface area contributed by atoms with E-state index >= 15 is 0 Å². The van der Waals surface area contributed by atoms with E-state index in [1.807, 2.05) is 0 Å². The average molecular weight is 815 g/mol. The molecule has 0 bridgehead atoms. The van der Waals surface area contributed by atoms with Crippen LogP contribution in [0.3, 0.4) is 0 Å². The maximum atomic E-state index is 14.3. The number of para-hydroxylation sites is 1. The van der Waals surface area contributed by atoms with Gasteiger partial charge < -0.3 is 28.5 Å². The Bertz CT molecular complexity index is 1910. The molecule has 304 valence electrons. The van der Waals surface area contributed by atoms with Gasteiger partial charge in [-0.25, -0.2) is 9.59 Å². The summed E-state index contributed by atoms with van der Waals surface area (Å²) in [4.78, 5) is 51.3. The Hall–Kier alpha value is -4.56. The largest absolute Gasteiger partial charge is 0.456 e. The zero-order chi connectivity index (χ0) is 40.5. The van der Waals surface area contributed by atoms with Gasteiger partial charge in [0.05, 0.1) is 29.4 Å². The molecule has 1 aromatic heterocycles. The van der Waals surface area contributed by atoms with Crippen LogP contribution in [0.15, 0.2) is 51.9 Å². The van der Waals surface area contributed by atoms with Crippen LogP contribution in [0.25, 0.3) is 11.4 Å². The van der Waals surface area contributed by atoms with Crippen LogP contribution < -0.4 is 4.74 Å². The topological polar surface area (TPSA) is 131 Å². The Morgan fingerprint density at radius 3 is 2.29 bits per heavy atom. The smallest absolute Gasteiger partial charge is 0.420 e. The van der Waals surface area contributed by atoms with Crippen molar-refractivity contribution in [2.75, 3.05) is 58.2 Å². The molecule has 3 aliphatic heterocycles. The summed E-state index contributed by atoms with van der Waals surface area (Å²) in [5, 5.41) is 3.81. The predicted molar refractivity (Wildman–Crippen MR) is 188 cm³/mol. The van der Waals surface area contributed by atoms with Crippen LogP contribution >= 0.6 is 11.8 Å². The fraction of sp³-hybridized carbons (Fsp3) is 0.528. The second-order valence-corrected chi connectivity index (χ2v) is 15.5. The first-order valence-corrected chi connectivity index (χ1v) is 18.7. The monoisotopic (exact) mass is 814 g/mol.